The number of aryl methyl sites for hydroxylation is 1. The molecule has 0 spiro atoms. The van der Waals surface area contributed by atoms with Gasteiger partial charge < -0.3 is 20.5 Å². The van der Waals surface area contributed by atoms with Crippen molar-refractivity contribution < 1.29 is 22.7 Å². The summed E-state index contributed by atoms with van der Waals surface area (Å²) in [5, 5.41) is 2.71. The molecule has 8 nitrogen and oxygen atoms in total. The minimum absolute atomic E-state index is 0. The minimum Gasteiger partial charge on any atom is -0.495 e. The van der Waals surface area contributed by atoms with Gasteiger partial charge in [-0.2, -0.15) is 0 Å². The molecule has 0 aliphatic carbocycles. The highest BCUT2D eigenvalue weighted by molar-refractivity contribution is 7.89. The van der Waals surface area contributed by atoms with Crippen LogP contribution in [-0.2, 0) is 14.8 Å². The molecule has 10 heteroatoms. The molecule has 2 aromatic rings. The summed E-state index contributed by atoms with van der Waals surface area (Å²) in [4.78, 5) is 12.6. The van der Waals surface area contributed by atoms with Crippen LogP contribution in [0.15, 0.2) is 41.3 Å². The van der Waals surface area contributed by atoms with Crippen LogP contribution in [0, 0.1) is 6.92 Å². The zero-order valence-electron chi connectivity index (χ0n) is 15.8. The summed E-state index contributed by atoms with van der Waals surface area (Å²) in [5.41, 5.74) is 7.59. The van der Waals surface area contributed by atoms with Gasteiger partial charge in [0.1, 0.15) is 5.75 Å². The molecular weight excluding hydrogens is 406 g/mol. The van der Waals surface area contributed by atoms with Gasteiger partial charge in [-0.05, 0) is 42.8 Å². The Kier molecular flexibility index (Phi) is 8.70. The van der Waals surface area contributed by atoms with Crippen molar-refractivity contribution in [3.05, 3.63) is 47.5 Å². The molecular formula is C18H24ClN3O5S. The molecule has 0 radical (unpaired) electrons. The number of hydrogen-bond acceptors (Lipinski definition) is 6. The number of sulfonamides is 1. The molecule has 0 saturated carbocycles. The van der Waals surface area contributed by atoms with Crippen LogP contribution in [0.4, 0.5) is 11.4 Å². The SMILES string of the molecule is COCCNS(=O)(=O)c1ccc(C)c(C(=O)Nc2ccc(OC)c(N)c2)c1.Cl. The number of benzene rings is 2. The van der Waals surface area contributed by atoms with Gasteiger partial charge in [0.2, 0.25) is 10.0 Å². The van der Waals surface area contributed by atoms with E-state index in [4.69, 9.17) is 15.2 Å². The molecule has 1 amide bonds. The second-order valence-electron chi connectivity index (χ2n) is 5.78. The molecule has 28 heavy (non-hydrogen) atoms. The van der Waals surface area contributed by atoms with Gasteiger partial charge in [-0.15, -0.1) is 12.4 Å². The van der Waals surface area contributed by atoms with E-state index >= 15 is 0 Å². The Morgan fingerprint density at radius 2 is 1.86 bits per heavy atom. The van der Waals surface area contributed by atoms with E-state index in [2.05, 4.69) is 10.0 Å². The monoisotopic (exact) mass is 429 g/mol. The fourth-order valence-electron chi connectivity index (χ4n) is 2.38. The third-order valence-corrected chi connectivity index (χ3v) is 5.31. The first-order valence-electron chi connectivity index (χ1n) is 8.12. The molecule has 0 bridgehead atoms. The number of amides is 1. The highest BCUT2D eigenvalue weighted by Crippen LogP contribution is 2.25. The Bertz CT molecular complexity index is 935. The predicted molar refractivity (Wildman–Crippen MR) is 111 cm³/mol. The molecule has 0 aliphatic heterocycles. The van der Waals surface area contributed by atoms with E-state index < -0.39 is 15.9 Å². The van der Waals surface area contributed by atoms with Crippen LogP contribution in [0.5, 0.6) is 5.75 Å². The van der Waals surface area contributed by atoms with Gasteiger partial charge in [-0.3, -0.25) is 4.79 Å². The van der Waals surface area contributed by atoms with E-state index in [1.54, 1.807) is 31.2 Å². The lowest BCUT2D eigenvalue weighted by Gasteiger charge is -2.12. The summed E-state index contributed by atoms with van der Waals surface area (Å²) in [6.07, 6.45) is 0. The van der Waals surface area contributed by atoms with Crippen LogP contribution in [0.3, 0.4) is 0 Å². The van der Waals surface area contributed by atoms with Crippen LogP contribution >= 0.6 is 12.4 Å². The third-order valence-electron chi connectivity index (χ3n) is 3.85. The van der Waals surface area contributed by atoms with Gasteiger partial charge in [-0.25, -0.2) is 13.1 Å². The van der Waals surface area contributed by atoms with Gasteiger partial charge in [0.15, 0.2) is 0 Å². The predicted octanol–water partition coefficient (Wildman–Crippen LogP) is 2.18. The van der Waals surface area contributed by atoms with Gasteiger partial charge >= 0.3 is 0 Å². The number of hydrogen-bond donors (Lipinski definition) is 3. The summed E-state index contributed by atoms with van der Waals surface area (Å²) in [7, 11) is -0.760. The van der Waals surface area contributed by atoms with Crippen molar-refractivity contribution in [3.8, 4) is 5.75 Å². The summed E-state index contributed by atoms with van der Waals surface area (Å²) in [6.45, 7) is 2.11. The average Bonchev–Trinajstić information content (AvgIpc) is 2.62. The minimum atomic E-state index is -3.74. The number of nitrogens with two attached hydrogens (primary N) is 1. The second kappa shape index (κ2) is 10.3. The molecule has 154 valence electrons. The van der Waals surface area contributed by atoms with Gasteiger partial charge in [0.25, 0.3) is 5.91 Å². The number of carbonyl (C=O) groups is 1. The lowest BCUT2D eigenvalue weighted by molar-refractivity contribution is 0.102. The lowest BCUT2D eigenvalue weighted by Crippen LogP contribution is -2.27. The Labute approximate surface area is 170 Å². The van der Waals surface area contributed by atoms with Gasteiger partial charge in [0, 0.05) is 24.9 Å². The zero-order chi connectivity index (χ0) is 20.0. The molecule has 0 saturated heterocycles. The maximum atomic E-state index is 12.6. The smallest absolute Gasteiger partial charge is 0.255 e. The first kappa shape index (κ1) is 23.7. The number of halogens is 1. The fraction of sp³-hybridized carbons (Fsp3) is 0.278. The van der Waals surface area contributed by atoms with Crippen molar-refractivity contribution in [2.75, 3.05) is 38.4 Å². The Morgan fingerprint density at radius 3 is 2.46 bits per heavy atom. The Hall–Kier alpha value is -2.33. The number of ether oxygens (including phenoxy) is 2. The topological polar surface area (TPSA) is 120 Å². The summed E-state index contributed by atoms with van der Waals surface area (Å²) in [6, 6.07) is 9.23. The van der Waals surface area contributed by atoms with E-state index in [9.17, 15) is 13.2 Å². The van der Waals surface area contributed by atoms with Crippen LogP contribution in [0.2, 0.25) is 0 Å². The third kappa shape index (κ3) is 5.83. The highest BCUT2D eigenvalue weighted by atomic mass is 35.5. The molecule has 2 rings (SSSR count). The first-order chi connectivity index (χ1) is 12.8. The van der Waals surface area contributed by atoms with Gasteiger partial charge in [-0.1, -0.05) is 6.07 Å². The van der Waals surface area contributed by atoms with E-state index in [1.807, 2.05) is 0 Å². The average molecular weight is 430 g/mol. The number of methoxy groups -OCH3 is 2. The molecule has 0 heterocycles. The highest BCUT2D eigenvalue weighted by Gasteiger charge is 2.18. The van der Waals surface area contributed by atoms with Gasteiger partial charge in [0.05, 0.1) is 24.3 Å². The van der Waals surface area contributed by atoms with Crippen LogP contribution < -0.4 is 20.5 Å². The standard InChI is InChI=1S/C18H23N3O5S.ClH/c1-12-4-6-14(27(23,24)20-8-9-25-2)11-15(12)18(22)21-13-5-7-17(26-3)16(19)10-13;/h4-7,10-11,20H,8-9,19H2,1-3H3,(H,21,22);1H. The van der Waals surface area contributed by atoms with Crippen molar-refractivity contribution >= 4 is 39.7 Å². The van der Waals surface area contributed by atoms with E-state index in [0.717, 1.165) is 0 Å². The van der Waals surface area contributed by atoms with Crippen molar-refractivity contribution in [1.29, 1.82) is 0 Å². The van der Waals surface area contributed by atoms with E-state index in [1.165, 1.54) is 26.4 Å². The molecule has 0 aliphatic rings. The first-order valence-corrected chi connectivity index (χ1v) is 9.61. The lowest BCUT2D eigenvalue weighted by atomic mass is 10.1. The van der Waals surface area contributed by atoms with Crippen LogP contribution in [0.25, 0.3) is 0 Å². The number of nitrogen functional groups attached to an aromatic ring is 1. The molecule has 2 aromatic carbocycles. The Balaban J connectivity index is 0.00000392. The second-order valence-corrected chi connectivity index (χ2v) is 7.55. The quantitative estimate of drug-likeness (QED) is 0.437. The molecule has 0 atom stereocenters. The van der Waals surface area contributed by atoms with Crippen LogP contribution in [-0.4, -0.2) is 41.7 Å². The maximum absolute atomic E-state index is 12.6. The van der Waals surface area contributed by atoms with E-state index in [-0.39, 0.29) is 36.0 Å². The van der Waals surface area contributed by atoms with Crippen molar-refractivity contribution in [1.82, 2.24) is 4.72 Å². The summed E-state index contributed by atoms with van der Waals surface area (Å²) in [5.74, 6) is 0.0606. The summed E-state index contributed by atoms with van der Waals surface area (Å²) < 4.78 is 37.0. The van der Waals surface area contributed by atoms with Crippen molar-refractivity contribution in [2.24, 2.45) is 0 Å². The number of anilines is 2. The maximum Gasteiger partial charge on any atom is 0.255 e. The van der Waals surface area contributed by atoms with Crippen molar-refractivity contribution in [2.45, 2.75) is 11.8 Å². The largest absolute Gasteiger partial charge is 0.495 e. The summed E-state index contributed by atoms with van der Waals surface area (Å²) >= 11 is 0. The van der Waals surface area contributed by atoms with Crippen molar-refractivity contribution in [3.63, 3.8) is 0 Å². The molecule has 0 unspecified atom stereocenters. The van der Waals surface area contributed by atoms with Crippen LogP contribution in [0.1, 0.15) is 15.9 Å². The fourth-order valence-corrected chi connectivity index (χ4v) is 3.42. The molecule has 0 aromatic heterocycles. The molecule has 4 N–H and O–H groups in total. The van der Waals surface area contributed by atoms with E-state index in [0.29, 0.717) is 22.7 Å². The molecule has 0 fully saturated rings. The Morgan fingerprint density at radius 1 is 1.14 bits per heavy atom. The zero-order valence-corrected chi connectivity index (χ0v) is 17.4. The normalized spacial score (nSPS) is 10.8. The number of carbonyl (C=O) groups excluding carboxylic acids is 1. The number of rotatable bonds is 8. The number of nitrogens with one attached hydrogen (secondary N) is 2.